The standard InChI is InChI=1S/C27H24FNO4/c1-2-15-33-22-10-6-9-20(16-22)25(30)23-24(19-7-4-3-5-8-19)29(27(32)26(23)31)17-18-11-13-21(28)14-12-18/h3-14,16,24,30H,2,15,17H2,1H3/b25-23-. The molecule has 0 saturated carbocycles. The first-order valence-corrected chi connectivity index (χ1v) is 10.8. The summed E-state index contributed by atoms with van der Waals surface area (Å²) in [5.74, 6) is -1.55. The van der Waals surface area contributed by atoms with E-state index >= 15 is 0 Å². The monoisotopic (exact) mass is 445 g/mol. The Hall–Kier alpha value is -3.93. The Morgan fingerprint density at radius 1 is 1.00 bits per heavy atom. The Bertz CT molecular complexity index is 1190. The molecule has 1 heterocycles. The highest BCUT2D eigenvalue weighted by molar-refractivity contribution is 6.46. The lowest BCUT2D eigenvalue weighted by Crippen LogP contribution is -2.29. The van der Waals surface area contributed by atoms with Gasteiger partial charge in [-0.25, -0.2) is 4.39 Å². The topological polar surface area (TPSA) is 66.8 Å². The molecule has 4 rings (SSSR count). The molecule has 0 bridgehead atoms. The van der Waals surface area contributed by atoms with Gasteiger partial charge in [-0.3, -0.25) is 9.59 Å². The van der Waals surface area contributed by atoms with Crippen molar-refractivity contribution < 1.29 is 23.8 Å². The number of Topliss-reactive ketones (excluding diaryl/α,β-unsaturated/α-hetero) is 1. The lowest BCUT2D eigenvalue weighted by molar-refractivity contribution is -0.140. The van der Waals surface area contributed by atoms with Gasteiger partial charge in [0.05, 0.1) is 18.2 Å². The van der Waals surface area contributed by atoms with Gasteiger partial charge in [0.25, 0.3) is 11.7 Å². The number of carbonyl (C=O) groups excluding carboxylic acids is 2. The van der Waals surface area contributed by atoms with Gasteiger partial charge in [0.15, 0.2) is 0 Å². The van der Waals surface area contributed by atoms with Crippen molar-refractivity contribution in [2.45, 2.75) is 25.9 Å². The molecule has 5 nitrogen and oxygen atoms in total. The molecule has 1 fully saturated rings. The smallest absolute Gasteiger partial charge is 0.295 e. The van der Waals surface area contributed by atoms with Crippen molar-refractivity contribution in [3.05, 3.63) is 107 Å². The van der Waals surface area contributed by atoms with Crippen LogP contribution in [0.2, 0.25) is 0 Å². The Labute approximate surface area is 191 Å². The number of hydrogen-bond donors (Lipinski definition) is 1. The summed E-state index contributed by atoms with van der Waals surface area (Å²) in [4.78, 5) is 27.6. The Morgan fingerprint density at radius 3 is 2.42 bits per heavy atom. The molecule has 0 radical (unpaired) electrons. The highest BCUT2D eigenvalue weighted by Gasteiger charge is 2.46. The van der Waals surface area contributed by atoms with Gasteiger partial charge >= 0.3 is 0 Å². The number of benzene rings is 3. The summed E-state index contributed by atoms with van der Waals surface area (Å²) in [5, 5.41) is 11.2. The number of amides is 1. The van der Waals surface area contributed by atoms with E-state index in [1.807, 2.05) is 37.3 Å². The molecule has 1 aliphatic heterocycles. The molecule has 1 saturated heterocycles. The third kappa shape index (κ3) is 4.65. The predicted molar refractivity (Wildman–Crippen MR) is 123 cm³/mol. The van der Waals surface area contributed by atoms with E-state index < -0.39 is 17.7 Å². The fraction of sp³-hybridized carbons (Fsp3) is 0.185. The van der Waals surface area contributed by atoms with Crippen LogP contribution in [0.25, 0.3) is 5.76 Å². The zero-order chi connectivity index (χ0) is 23.4. The molecule has 1 N–H and O–H groups in total. The summed E-state index contributed by atoms with van der Waals surface area (Å²) >= 11 is 0. The molecule has 1 unspecified atom stereocenters. The predicted octanol–water partition coefficient (Wildman–Crippen LogP) is 5.24. The molecular weight excluding hydrogens is 421 g/mol. The van der Waals surface area contributed by atoms with Crippen molar-refractivity contribution in [3.8, 4) is 5.75 Å². The summed E-state index contributed by atoms with van der Waals surface area (Å²) in [6.07, 6.45) is 0.832. The fourth-order valence-corrected chi connectivity index (χ4v) is 3.92. The Morgan fingerprint density at radius 2 is 1.73 bits per heavy atom. The van der Waals surface area contributed by atoms with Gasteiger partial charge in [0.1, 0.15) is 17.3 Å². The quantitative estimate of drug-likeness (QED) is 0.307. The van der Waals surface area contributed by atoms with Crippen LogP contribution in [-0.2, 0) is 16.1 Å². The number of ether oxygens (including phenoxy) is 1. The average molecular weight is 445 g/mol. The number of rotatable bonds is 7. The number of halogens is 1. The van der Waals surface area contributed by atoms with Gasteiger partial charge in [-0.2, -0.15) is 0 Å². The molecule has 0 aliphatic carbocycles. The molecule has 33 heavy (non-hydrogen) atoms. The minimum atomic E-state index is -0.781. The number of likely N-dealkylation sites (tertiary alicyclic amines) is 1. The summed E-state index contributed by atoms with van der Waals surface area (Å²) in [6, 6.07) is 20.9. The van der Waals surface area contributed by atoms with Gasteiger partial charge in [0.2, 0.25) is 0 Å². The zero-order valence-corrected chi connectivity index (χ0v) is 18.2. The van der Waals surface area contributed by atoms with E-state index in [9.17, 15) is 19.1 Å². The summed E-state index contributed by atoms with van der Waals surface area (Å²) in [7, 11) is 0. The van der Waals surface area contributed by atoms with Crippen LogP contribution < -0.4 is 4.74 Å². The number of aliphatic hydroxyl groups excluding tert-OH is 1. The highest BCUT2D eigenvalue weighted by atomic mass is 19.1. The van der Waals surface area contributed by atoms with Crippen LogP contribution >= 0.6 is 0 Å². The van der Waals surface area contributed by atoms with Crippen LogP contribution in [0.1, 0.15) is 36.1 Å². The first-order chi connectivity index (χ1) is 16.0. The van der Waals surface area contributed by atoms with E-state index in [4.69, 9.17) is 4.74 Å². The number of carbonyl (C=O) groups is 2. The van der Waals surface area contributed by atoms with Crippen molar-refractivity contribution in [1.29, 1.82) is 0 Å². The third-order valence-electron chi connectivity index (χ3n) is 5.50. The average Bonchev–Trinajstić information content (AvgIpc) is 3.09. The fourth-order valence-electron chi connectivity index (χ4n) is 3.92. The van der Waals surface area contributed by atoms with Crippen LogP contribution in [-0.4, -0.2) is 28.3 Å². The minimum Gasteiger partial charge on any atom is -0.507 e. The molecule has 0 aromatic heterocycles. The Balaban J connectivity index is 1.79. The summed E-state index contributed by atoms with van der Waals surface area (Å²) < 4.78 is 19.0. The Kier molecular flexibility index (Phi) is 6.54. The van der Waals surface area contributed by atoms with E-state index in [1.54, 1.807) is 36.4 Å². The first kappa shape index (κ1) is 22.3. The second-order valence-corrected chi connectivity index (χ2v) is 7.84. The normalized spacial score (nSPS) is 17.4. The number of nitrogens with zero attached hydrogens (tertiary/aromatic N) is 1. The van der Waals surface area contributed by atoms with E-state index in [2.05, 4.69) is 0 Å². The molecule has 6 heteroatoms. The van der Waals surface area contributed by atoms with Crippen molar-refractivity contribution in [2.75, 3.05) is 6.61 Å². The number of aliphatic hydroxyl groups is 1. The maximum absolute atomic E-state index is 13.4. The van der Waals surface area contributed by atoms with Gasteiger partial charge in [0, 0.05) is 12.1 Å². The van der Waals surface area contributed by atoms with Crippen LogP contribution in [0.4, 0.5) is 4.39 Å². The molecular formula is C27H24FNO4. The lowest BCUT2D eigenvalue weighted by atomic mass is 9.95. The molecule has 3 aromatic rings. The van der Waals surface area contributed by atoms with E-state index in [0.29, 0.717) is 29.0 Å². The molecule has 168 valence electrons. The van der Waals surface area contributed by atoms with Gasteiger partial charge in [-0.1, -0.05) is 61.5 Å². The minimum absolute atomic E-state index is 0.0148. The van der Waals surface area contributed by atoms with E-state index in [0.717, 1.165) is 6.42 Å². The van der Waals surface area contributed by atoms with Crippen molar-refractivity contribution in [2.24, 2.45) is 0 Å². The van der Waals surface area contributed by atoms with E-state index in [-0.39, 0.29) is 23.7 Å². The molecule has 0 spiro atoms. The molecule has 1 atom stereocenters. The molecule has 3 aromatic carbocycles. The van der Waals surface area contributed by atoms with Crippen LogP contribution in [0.5, 0.6) is 5.75 Å². The SMILES string of the molecule is CCCOc1cccc(/C(O)=C2/C(=O)C(=O)N(Cc3ccc(F)cc3)C2c2ccccc2)c1. The van der Waals surface area contributed by atoms with Crippen molar-refractivity contribution >= 4 is 17.4 Å². The molecule has 1 aliphatic rings. The lowest BCUT2D eigenvalue weighted by Gasteiger charge is -2.25. The van der Waals surface area contributed by atoms with Crippen LogP contribution in [0.15, 0.2) is 84.4 Å². The van der Waals surface area contributed by atoms with Crippen molar-refractivity contribution in [3.63, 3.8) is 0 Å². The second-order valence-electron chi connectivity index (χ2n) is 7.84. The summed E-state index contributed by atoms with van der Waals surface area (Å²) in [5.41, 5.74) is 1.78. The van der Waals surface area contributed by atoms with Crippen molar-refractivity contribution in [1.82, 2.24) is 4.90 Å². The number of hydrogen-bond acceptors (Lipinski definition) is 4. The maximum Gasteiger partial charge on any atom is 0.295 e. The largest absolute Gasteiger partial charge is 0.507 e. The first-order valence-electron chi connectivity index (χ1n) is 10.8. The van der Waals surface area contributed by atoms with Gasteiger partial charge < -0.3 is 14.7 Å². The molecule has 1 amide bonds. The summed E-state index contributed by atoms with van der Waals surface area (Å²) in [6.45, 7) is 2.61. The number of ketones is 1. The van der Waals surface area contributed by atoms with Gasteiger partial charge in [-0.05, 0) is 41.8 Å². The zero-order valence-electron chi connectivity index (χ0n) is 18.2. The van der Waals surface area contributed by atoms with Gasteiger partial charge in [-0.15, -0.1) is 0 Å². The van der Waals surface area contributed by atoms with Crippen LogP contribution in [0.3, 0.4) is 0 Å². The van der Waals surface area contributed by atoms with E-state index in [1.165, 1.54) is 17.0 Å². The maximum atomic E-state index is 13.4. The highest BCUT2D eigenvalue weighted by Crippen LogP contribution is 2.40. The third-order valence-corrected chi connectivity index (χ3v) is 5.50. The second kappa shape index (κ2) is 9.69. The van der Waals surface area contributed by atoms with Crippen LogP contribution in [0, 0.1) is 5.82 Å².